The van der Waals surface area contributed by atoms with Crippen molar-refractivity contribution in [2.45, 2.75) is 19.9 Å². The Morgan fingerprint density at radius 1 is 1.47 bits per heavy atom. The predicted octanol–water partition coefficient (Wildman–Crippen LogP) is 1.32. The maximum atomic E-state index is 6.02. The fraction of sp³-hybridized carbons (Fsp3) is 0.364. The van der Waals surface area contributed by atoms with Crippen molar-refractivity contribution in [1.82, 2.24) is 19.7 Å². The van der Waals surface area contributed by atoms with Crippen molar-refractivity contribution >= 4 is 23.4 Å². The monoisotopic (exact) mass is 281 g/mol. The third kappa shape index (κ3) is 3.12. The second-order valence-electron chi connectivity index (χ2n) is 4.02. The summed E-state index contributed by atoms with van der Waals surface area (Å²) in [6.07, 6.45) is 4.35. The number of rotatable bonds is 5. The molecule has 0 aliphatic rings. The minimum Gasteiger partial charge on any atom is -0.364 e. The van der Waals surface area contributed by atoms with Gasteiger partial charge in [-0.2, -0.15) is 10.1 Å². The first-order valence-corrected chi connectivity index (χ1v) is 6.26. The van der Waals surface area contributed by atoms with E-state index in [1.54, 1.807) is 4.68 Å². The number of anilines is 2. The van der Waals surface area contributed by atoms with E-state index in [-0.39, 0.29) is 0 Å². The van der Waals surface area contributed by atoms with Crippen molar-refractivity contribution in [2.75, 3.05) is 10.7 Å². The molecule has 8 heteroatoms. The summed E-state index contributed by atoms with van der Waals surface area (Å²) in [6.45, 7) is 2.66. The molecular weight excluding hydrogens is 266 g/mol. The summed E-state index contributed by atoms with van der Waals surface area (Å²) in [7, 11) is 1.90. The summed E-state index contributed by atoms with van der Waals surface area (Å²) in [4.78, 5) is 8.07. The van der Waals surface area contributed by atoms with Crippen LogP contribution in [0.5, 0.6) is 0 Å². The standard InChI is InChI=1S/C11H16ClN7/c1-3-9-7(6-19(2)18-9)4-14-10-8(12)5-15-11(16-10)17-13/h5-6H,3-4,13H2,1-2H3,(H2,14,15,16,17). The molecule has 7 nitrogen and oxygen atoms in total. The van der Waals surface area contributed by atoms with Crippen LogP contribution >= 0.6 is 11.6 Å². The lowest BCUT2D eigenvalue weighted by Gasteiger charge is -2.08. The fourth-order valence-corrected chi connectivity index (χ4v) is 1.93. The van der Waals surface area contributed by atoms with Crippen LogP contribution in [0.4, 0.5) is 11.8 Å². The predicted molar refractivity (Wildman–Crippen MR) is 74.8 cm³/mol. The normalized spacial score (nSPS) is 10.5. The summed E-state index contributed by atoms with van der Waals surface area (Å²) >= 11 is 6.02. The van der Waals surface area contributed by atoms with Crippen LogP contribution in [-0.2, 0) is 20.0 Å². The van der Waals surface area contributed by atoms with Crippen molar-refractivity contribution < 1.29 is 0 Å². The smallest absolute Gasteiger partial charge is 0.239 e. The first-order valence-electron chi connectivity index (χ1n) is 5.88. The Labute approximate surface area is 116 Å². The highest BCUT2D eigenvalue weighted by Gasteiger charge is 2.08. The lowest BCUT2D eigenvalue weighted by Crippen LogP contribution is -2.12. The van der Waals surface area contributed by atoms with Crippen LogP contribution in [0.3, 0.4) is 0 Å². The van der Waals surface area contributed by atoms with Crippen molar-refractivity contribution in [3.63, 3.8) is 0 Å². The molecule has 0 aliphatic carbocycles. The van der Waals surface area contributed by atoms with Gasteiger partial charge in [-0.25, -0.2) is 10.8 Å². The Bertz CT molecular complexity index is 566. The van der Waals surface area contributed by atoms with Gasteiger partial charge in [0.15, 0.2) is 5.82 Å². The van der Waals surface area contributed by atoms with Crippen molar-refractivity contribution in [1.29, 1.82) is 0 Å². The van der Waals surface area contributed by atoms with Gasteiger partial charge in [-0.3, -0.25) is 10.1 Å². The van der Waals surface area contributed by atoms with Crippen LogP contribution in [-0.4, -0.2) is 19.7 Å². The molecule has 0 spiro atoms. The average Bonchev–Trinajstić information content (AvgIpc) is 2.78. The van der Waals surface area contributed by atoms with Gasteiger partial charge in [-0.1, -0.05) is 18.5 Å². The first kappa shape index (κ1) is 13.6. The number of hydrazine groups is 1. The second kappa shape index (κ2) is 5.85. The number of hydrogen-bond acceptors (Lipinski definition) is 6. The largest absolute Gasteiger partial charge is 0.364 e. The Morgan fingerprint density at radius 3 is 2.95 bits per heavy atom. The van der Waals surface area contributed by atoms with Crippen LogP contribution in [0.25, 0.3) is 0 Å². The molecule has 0 fully saturated rings. The topological polar surface area (TPSA) is 93.7 Å². The molecule has 19 heavy (non-hydrogen) atoms. The van der Waals surface area contributed by atoms with E-state index in [4.69, 9.17) is 17.4 Å². The Hall–Kier alpha value is -1.86. The summed E-state index contributed by atoms with van der Waals surface area (Å²) < 4.78 is 1.80. The quantitative estimate of drug-likeness (QED) is 0.565. The molecule has 2 aromatic rings. The highest BCUT2D eigenvalue weighted by molar-refractivity contribution is 6.32. The summed E-state index contributed by atoms with van der Waals surface area (Å²) in [5.74, 6) is 6.12. The molecule has 0 aromatic carbocycles. The zero-order chi connectivity index (χ0) is 13.8. The van der Waals surface area contributed by atoms with E-state index in [0.717, 1.165) is 17.7 Å². The van der Waals surface area contributed by atoms with Gasteiger partial charge >= 0.3 is 0 Å². The maximum absolute atomic E-state index is 6.02. The van der Waals surface area contributed by atoms with Gasteiger partial charge in [0.05, 0.1) is 11.9 Å². The van der Waals surface area contributed by atoms with Gasteiger partial charge in [0.1, 0.15) is 5.02 Å². The van der Waals surface area contributed by atoms with Gasteiger partial charge in [-0.05, 0) is 6.42 Å². The van der Waals surface area contributed by atoms with E-state index in [2.05, 4.69) is 32.7 Å². The Morgan fingerprint density at radius 2 is 2.26 bits per heavy atom. The molecule has 2 aromatic heterocycles. The molecule has 0 amide bonds. The molecule has 0 bridgehead atoms. The summed E-state index contributed by atoms with van der Waals surface area (Å²) in [6, 6.07) is 0. The average molecular weight is 282 g/mol. The number of aromatic nitrogens is 4. The van der Waals surface area contributed by atoms with E-state index < -0.39 is 0 Å². The SMILES string of the molecule is CCc1nn(C)cc1CNc1nc(NN)ncc1Cl. The summed E-state index contributed by atoms with van der Waals surface area (Å²) in [5, 5.41) is 7.98. The van der Waals surface area contributed by atoms with E-state index in [1.807, 2.05) is 13.2 Å². The van der Waals surface area contributed by atoms with E-state index >= 15 is 0 Å². The number of nitrogens with one attached hydrogen (secondary N) is 2. The van der Waals surface area contributed by atoms with E-state index in [1.165, 1.54) is 6.20 Å². The molecule has 0 unspecified atom stereocenters. The zero-order valence-corrected chi connectivity index (χ0v) is 11.6. The third-order valence-electron chi connectivity index (χ3n) is 2.65. The number of nitrogens with zero attached hydrogens (tertiary/aromatic N) is 4. The Kier molecular flexibility index (Phi) is 4.18. The highest BCUT2D eigenvalue weighted by Crippen LogP contribution is 2.20. The van der Waals surface area contributed by atoms with Gasteiger partial charge < -0.3 is 5.32 Å². The molecular formula is C11H16ClN7. The van der Waals surface area contributed by atoms with Gasteiger partial charge in [0.2, 0.25) is 5.95 Å². The van der Waals surface area contributed by atoms with Crippen LogP contribution in [0.1, 0.15) is 18.2 Å². The van der Waals surface area contributed by atoms with E-state index in [0.29, 0.717) is 23.3 Å². The Balaban J connectivity index is 2.13. The molecule has 2 heterocycles. The van der Waals surface area contributed by atoms with Crippen molar-refractivity contribution in [3.05, 3.63) is 28.7 Å². The first-order chi connectivity index (χ1) is 9.13. The van der Waals surface area contributed by atoms with Crippen LogP contribution < -0.4 is 16.6 Å². The zero-order valence-electron chi connectivity index (χ0n) is 10.8. The minimum atomic E-state index is 0.314. The van der Waals surface area contributed by atoms with Crippen molar-refractivity contribution in [3.8, 4) is 0 Å². The molecule has 0 aliphatic heterocycles. The molecule has 0 atom stereocenters. The lowest BCUT2D eigenvalue weighted by atomic mass is 10.2. The van der Waals surface area contributed by atoms with Crippen LogP contribution in [0.2, 0.25) is 5.02 Å². The molecule has 0 radical (unpaired) electrons. The molecule has 0 saturated heterocycles. The number of nitrogens with two attached hydrogens (primary N) is 1. The number of nitrogen functional groups attached to an aromatic ring is 1. The van der Waals surface area contributed by atoms with Gasteiger partial charge in [0.25, 0.3) is 0 Å². The second-order valence-corrected chi connectivity index (χ2v) is 4.42. The van der Waals surface area contributed by atoms with Crippen LogP contribution in [0, 0.1) is 0 Å². The maximum Gasteiger partial charge on any atom is 0.239 e. The third-order valence-corrected chi connectivity index (χ3v) is 2.92. The summed E-state index contributed by atoms with van der Waals surface area (Å²) in [5.41, 5.74) is 4.55. The van der Waals surface area contributed by atoms with Gasteiger partial charge in [0, 0.05) is 25.4 Å². The highest BCUT2D eigenvalue weighted by atomic mass is 35.5. The molecule has 0 saturated carbocycles. The molecule has 4 N–H and O–H groups in total. The van der Waals surface area contributed by atoms with E-state index in [9.17, 15) is 0 Å². The fourth-order valence-electron chi connectivity index (χ4n) is 1.77. The minimum absolute atomic E-state index is 0.314. The molecule has 2 rings (SSSR count). The number of hydrogen-bond donors (Lipinski definition) is 3. The number of aryl methyl sites for hydroxylation is 2. The van der Waals surface area contributed by atoms with Gasteiger partial charge in [-0.15, -0.1) is 0 Å². The van der Waals surface area contributed by atoms with Crippen molar-refractivity contribution in [2.24, 2.45) is 12.9 Å². The van der Waals surface area contributed by atoms with Crippen LogP contribution in [0.15, 0.2) is 12.4 Å². The lowest BCUT2D eigenvalue weighted by molar-refractivity contribution is 0.746. The number of halogens is 1. The molecule has 102 valence electrons.